The van der Waals surface area contributed by atoms with Crippen LogP contribution in [0.5, 0.6) is 0 Å². The van der Waals surface area contributed by atoms with E-state index in [0.717, 1.165) is 44.1 Å². The zero-order valence-electron chi connectivity index (χ0n) is 14.4. The van der Waals surface area contributed by atoms with Gasteiger partial charge in [0.25, 0.3) is 0 Å². The van der Waals surface area contributed by atoms with Crippen LogP contribution < -0.4 is 9.80 Å². The topological polar surface area (TPSA) is 65.6 Å². The first-order chi connectivity index (χ1) is 11.8. The molecule has 2 aromatic heterocycles. The van der Waals surface area contributed by atoms with Gasteiger partial charge in [-0.3, -0.25) is 0 Å². The zero-order valence-corrected chi connectivity index (χ0v) is 14.4. The van der Waals surface area contributed by atoms with Gasteiger partial charge in [0.1, 0.15) is 44.5 Å². The summed E-state index contributed by atoms with van der Waals surface area (Å²) in [6.45, 7) is 12.4. The van der Waals surface area contributed by atoms with E-state index in [1.807, 2.05) is 22.9 Å². The van der Waals surface area contributed by atoms with E-state index in [2.05, 4.69) is 29.0 Å². The van der Waals surface area contributed by atoms with Crippen LogP contribution >= 0.6 is 0 Å². The molecule has 0 amide bonds. The maximum absolute atomic E-state index is 5.45. The maximum atomic E-state index is 5.45. The predicted molar refractivity (Wildman–Crippen MR) is 89.7 cm³/mol. The van der Waals surface area contributed by atoms with Crippen LogP contribution in [0.15, 0.2) is 35.5 Å². The number of quaternary nitrogens is 2. The second-order valence-electron chi connectivity index (χ2n) is 6.52. The van der Waals surface area contributed by atoms with Crippen LogP contribution in [-0.4, -0.2) is 52.9 Å². The van der Waals surface area contributed by atoms with Crippen molar-refractivity contribution in [3.05, 3.63) is 42.6 Å². The Morgan fingerprint density at radius 3 is 2.88 bits per heavy atom. The number of hydrogen-bond acceptors (Lipinski definition) is 4. The monoisotopic (exact) mass is 332 g/mol. The highest BCUT2D eigenvalue weighted by Crippen LogP contribution is 2.14. The number of aromatic nitrogens is 4. The molecule has 0 saturated carbocycles. The third-order valence-electron chi connectivity index (χ3n) is 4.86. The summed E-state index contributed by atoms with van der Waals surface area (Å²) in [6.07, 6.45) is 5.94. The molecule has 1 fully saturated rings. The summed E-state index contributed by atoms with van der Waals surface area (Å²) in [5, 5.41) is 12.5. The van der Waals surface area contributed by atoms with Crippen LogP contribution in [0, 0.1) is 0 Å². The molecule has 0 radical (unpaired) electrons. The molecular weight excluding hydrogens is 304 g/mol. The quantitative estimate of drug-likeness (QED) is 0.617. The number of tetrazole rings is 1. The lowest BCUT2D eigenvalue weighted by Gasteiger charge is -2.33. The highest BCUT2D eigenvalue weighted by molar-refractivity contribution is 5.00. The highest BCUT2D eigenvalue weighted by atomic mass is 16.3. The van der Waals surface area contributed by atoms with Crippen LogP contribution in [0.2, 0.25) is 0 Å². The molecule has 7 nitrogen and oxygen atoms in total. The lowest BCUT2D eigenvalue weighted by Crippen LogP contribution is -3.28. The molecule has 0 unspecified atom stereocenters. The van der Waals surface area contributed by atoms with Crippen LogP contribution in [0.1, 0.15) is 37.4 Å². The van der Waals surface area contributed by atoms with Gasteiger partial charge in [-0.25, -0.2) is 4.68 Å². The van der Waals surface area contributed by atoms with Gasteiger partial charge in [0.15, 0.2) is 0 Å². The smallest absolute Gasteiger partial charge is 0.209 e. The SMILES string of the molecule is C=CC[NH+]1CC[NH+]([C@H](CCC)c2nnnn2Cc2ccco2)CC1. The van der Waals surface area contributed by atoms with Gasteiger partial charge < -0.3 is 14.2 Å². The fourth-order valence-corrected chi connectivity index (χ4v) is 3.61. The molecule has 1 aliphatic heterocycles. The highest BCUT2D eigenvalue weighted by Gasteiger charge is 2.33. The summed E-state index contributed by atoms with van der Waals surface area (Å²) in [4.78, 5) is 3.22. The minimum absolute atomic E-state index is 0.352. The van der Waals surface area contributed by atoms with Gasteiger partial charge in [-0.05, 0) is 28.6 Å². The Balaban J connectivity index is 1.72. The first kappa shape index (κ1) is 16.9. The number of rotatable bonds is 8. The number of hydrogen-bond donors (Lipinski definition) is 2. The van der Waals surface area contributed by atoms with Crippen molar-refractivity contribution in [1.29, 1.82) is 0 Å². The summed E-state index contributed by atoms with van der Waals surface area (Å²) in [5.41, 5.74) is 0. The third kappa shape index (κ3) is 3.91. The molecule has 0 spiro atoms. The van der Waals surface area contributed by atoms with Crippen molar-refractivity contribution in [2.24, 2.45) is 0 Å². The fraction of sp³-hybridized carbons (Fsp3) is 0.588. The molecule has 24 heavy (non-hydrogen) atoms. The Bertz CT molecular complexity index is 615. The molecule has 3 heterocycles. The molecule has 2 aromatic rings. The first-order valence-corrected chi connectivity index (χ1v) is 8.89. The summed E-state index contributed by atoms with van der Waals surface area (Å²) in [5.74, 6) is 1.87. The van der Waals surface area contributed by atoms with Crippen LogP contribution in [0.3, 0.4) is 0 Å². The standard InChI is InChI=1S/C17H26N6O/c1-3-6-16(22-11-9-21(8-4-2)10-12-22)17-18-19-20-23(17)14-15-7-5-13-24-15/h4-5,7,13,16H,2-3,6,8-12,14H2,1H3/p+2/t16-/m1/s1. The first-order valence-electron chi connectivity index (χ1n) is 8.89. The molecule has 1 atom stereocenters. The van der Waals surface area contributed by atoms with Gasteiger partial charge in [0, 0.05) is 6.42 Å². The molecular formula is C17H28N6O+2. The molecule has 0 aromatic carbocycles. The second-order valence-corrected chi connectivity index (χ2v) is 6.52. The summed E-state index contributed by atoms with van der Waals surface area (Å²) >= 11 is 0. The van der Waals surface area contributed by atoms with Crippen molar-refractivity contribution in [2.45, 2.75) is 32.4 Å². The molecule has 1 saturated heterocycles. The van der Waals surface area contributed by atoms with Crippen molar-refractivity contribution in [3.8, 4) is 0 Å². The van der Waals surface area contributed by atoms with Crippen molar-refractivity contribution in [3.63, 3.8) is 0 Å². The van der Waals surface area contributed by atoms with Gasteiger partial charge in [-0.1, -0.05) is 19.9 Å². The Morgan fingerprint density at radius 2 is 2.21 bits per heavy atom. The van der Waals surface area contributed by atoms with E-state index in [-0.39, 0.29) is 0 Å². The zero-order chi connectivity index (χ0) is 16.8. The summed E-state index contributed by atoms with van der Waals surface area (Å²) < 4.78 is 7.35. The Labute approximate surface area is 142 Å². The molecule has 0 bridgehead atoms. The summed E-state index contributed by atoms with van der Waals surface area (Å²) in [6, 6.07) is 4.21. The van der Waals surface area contributed by atoms with Crippen molar-refractivity contribution in [1.82, 2.24) is 20.2 Å². The minimum Gasteiger partial charge on any atom is -0.467 e. The fourth-order valence-electron chi connectivity index (χ4n) is 3.61. The van der Waals surface area contributed by atoms with E-state index in [1.54, 1.807) is 16.1 Å². The van der Waals surface area contributed by atoms with E-state index in [1.165, 1.54) is 13.1 Å². The molecule has 0 aliphatic carbocycles. The van der Waals surface area contributed by atoms with Gasteiger partial charge in [0.2, 0.25) is 5.82 Å². The van der Waals surface area contributed by atoms with Gasteiger partial charge in [0.05, 0.1) is 12.8 Å². The van der Waals surface area contributed by atoms with Gasteiger partial charge >= 0.3 is 0 Å². The number of nitrogens with zero attached hydrogens (tertiary/aromatic N) is 4. The molecule has 7 heteroatoms. The largest absolute Gasteiger partial charge is 0.467 e. The minimum atomic E-state index is 0.352. The average molecular weight is 332 g/mol. The van der Waals surface area contributed by atoms with Gasteiger partial charge in [-0.15, -0.1) is 5.10 Å². The molecule has 3 rings (SSSR count). The molecule has 2 N–H and O–H groups in total. The third-order valence-corrected chi connectivity index (χ3v) is 4.86. The van der Waals surface area contributed by atoms with E-state index in [4.69, 9.17) is 4.42 Å². The number of nitrogens with one attached hydrogen (secondary N) is 2. The Morgan fingerprint density at radius 1 is 1.38 bits per heavy atom. The van der Waals surface area contributed by atoms with E-state index < -0.39 is 0 Å². The van der Waals surface area contributed by atoms with E-state index in [0.29, 0.717) is 12.6 Å². The normalized spacial score (nSPS) is 22.4. The van der Waals surface area contributed by atoms with Crippen LogP contribution in [0.4, 0.5) is 0 Å². The lowest BCUT2D eigenvalue weighted by molar-refractivity contribution is -1.03. The van der Waals surface area contributed by atoms with Gasteiger partial charge in [-0.2, -0.15) is 0 Å². The van der Waals surface area contributed by atoms with E-state index >= 15 is 0 Å². The Kier molecular flexibility index (Phi) is 5.77. The molecule has 1 aliphatic rings. The van der Waals surface area contributed by atoms with Crippen molar-refractivity contribution in [2.75, 3.05) is 32.7 Å². The maximum Gasteiger partial charge on any atom is 0.209 e. The lowest BCUT2D eigenvalue weighted by atomic mass is 10.1. The number of furan rings is 1. The van der Waals surface area contributed by atoms with Crippen LogP contribution in [-0.2, 0) is 6.54 Å². The second kappa shape index (κ2) is 8.21. The predicted octanol–water partition coefficient (Wildman–Crippen LogP) is -0.875. The van der Waals surface area contributed by atoms with E-state index in [9.17, 15) is 0 Å². The average Bonchev–Trinajstić information content (AvgIpc) is 3.26. The van der Waals surface area contributed by atoms with Crippen LogP contribution in [0.25, 0.3) is 0 Å². The number of piperazine rings is 1. The van der Waals surface area contributed by atoms with Crippen molar-refractivity contribution < 1.29 is 14.2 Å². The summed E-state index contributed by atoms with van der Waals surface area (Å²) in [7, 11) is 0. The Hall–Kier alpha value is -1.99. The molecule has 130 valence electrons. The van der Waals surface area contributed by atoms with Crippen molar-refractivity contribution >= 4 is 0 Å².